The van der Waals surface area contributed by atoms with Crippen LogP contribution in [0, 0.1) is 12.7 Å². The molecule has 0 fully saturated rings. The molecule has 0 aliphatic heterocycles. The first-order valence-electron chi connectivity index (χ1n) is 6.41. The molecule has 3 aromatic heterocycles. The van der Waals surface area contributed by atoms with E-state index >= 15 is 0 Å². The van der Waals surface area contributed by atoms with E-state index in [0.29, 0.717) is 11.4 Å². The molecule has 5 nitrogen and oxygen atoms in total. The SMILES string of the molecule is Cc1ncc(C(=O)Nc2ncc(-c3ccsc3)cc2F)cn1. The maximum absolute atomic E-state index is 14.1. The highest BCUT2D eigenvalue weighted by molar-refractivity contribution is 7.08. The van der Waals surface area contributed by atoms with Crippen LogP contribution >= 0.6 is 11.3 Å². The lowest BCUT2D eigenvalue weighted by molar-refractivity contribution is 0.102. The topological polar surface area (TPSA) is 67.8 Å². The van der Waals surface area contributed by atoms with Gasteiger partial charge in [-0.25, -0.2) is 19.3 Å². The molecule has 7 heteroatoms. The van der Waals surface area contributed by atoms with Crippen LogP contribution in [0.3, 0.4) is 0 Å². The van der Waals surface area contributed by atoms with Crippen molar-refractivity contribution in [2.24, 2.45) is 0 Å². The molecule has 3 rings (SSSR count). The van der Waals surface area contributed by atoms with Gasteiger partial charge in [-0.05, 0) is 35.4 Å². The van der Waals surface area contributed by atoms with Crippen LogP contribution in [-0.2, 0) is 0 Å². The standard InChI is InChI=1S/C15H11FN4OS/c1-9-17-6-12(7-18-9)15(21)20-14-13(16)4-11(5-19-14)10-2-3-22-8-10/h2-8H,1H3,(H,19,20,21). The molecular formula is C15H11FN4OS. The van der Waals surface area contributed by atoms with Gasteiger partial charge in [0.05, 0.1) is 5.56 Å². The van der Waals surface area contributed by atoms with Crippen molar-refractivity contribution >= 4 is 23.1 Å². The quantitative estimate of drug-likeness (QED) is 0.805. The van der Waals surface area contributed by atoms with Crippen LogP contribution in [0.25, 0.3) is 11.1 Å². The zero-order chi connectivity index (χ0) is 15.5. The predicted octanol–water partition coefficient (Wildman–Crippen LogP) is 3.30. The van der Waals surface area contributed by atoms with Gasteiger partial charge in [-0.15, -0.1) is 0 Å². The Kier molecular flexibility index (Phi) is 3.88. The van der Waals surface area contributed by atoms with Crippen molar-refractivity contribution < 1.29 is 9.18 Å². The van der Waals surface area contributed by atoms with Gasteiger partial charge in [0.15, 0.2) is 11.6 Å². The molecule has 1 N–H and O–H groups in total. The molecule has 0 aliphatic rings. The van der Waals surface area contributed by atoms with E-state index in [1.54, 1.807) is 6.92 Å². The average Bonchev–Trinajstić information content (AvgIpc) is 3.04. The molecular weight excluding hydrogens is 303 g/mol. The zero-order valence-corrected chi connectivity index (χ0v) is 12.4. The van der Waals surface area contributed by atoms with Crippen molar-refractivity contribution in [1.29, 1.82) is 0 Å². The molecule has 0 unspecified atom stereocenters. The second-order valence-corrected chi connectivity index (χ2v) is 5.32. The van der Waals surface area contributed by atoms with Gasteiger partial charge in [0.25, 0.3) is 5.91 Å². The second kappa shape index (κ2) is 5.98. The van der Waals surface area contributed by atoms with Crippen LogP contribution in [-0.4, -0.2) is 20.9 Å². The van der Waals surface area contributed by atoms with E-state index in [9.17, 15) is 9.18 Å². The highest BCUT2D eigenvalue weighted by Crippen LogP contribution is 2.24. The first-order valence-corrected chi connectivity index (χ1v) is 7.36. The Bertz CT molecular complexity index is 803. The van der Waals surface area contributed by atoms with Crippen molar-refractivity contribution in [2.75, 3.05) is 5.32 Å². The van der Waals surface area contributed by atoms with Gasteiger partial charge in [-0.3, -0.25) is 4.79 Å². The molecule has 0 saturated heterocycles. The van der Waals surface area contributed by atoms with Crippen molar-refractivity contribution in [3.05, 3.63) is 58.7 Å². The molecule has 3 aromatic rings. The molecule has 0 atom stereocenters. The van der Waals surface area contributed by atoms with Gasteiger partial charge in [0.2, 0.25) is 0 Å². The summed E-state index contributed by atoms with van der Waals surface area (Å²) in [7, 11) is 0. The fourth-order valence-electron chi connectivity index (χ4n) is 1.81. The molecule has 0 aliphatic carbocycles. The van der Waals surface area contributed by atoms with Crippen LogP contribution in [0.2, 0.25) is 0 Å². The predicted molar refractivity (Wildman–Crippen MR) is 82.2 cm³/mol. The minimum atomic E-state index is -0.593. The number of halogens is 1. The third-order valence-electron chi connectivity index (χ3n) is 2.97. The molecule has 0 bridgehead atoms. The van der Waals surface area contributed by atoms with E-state index in [1.807, 2.05) is 16.8 Å². The lowest BCUT2D eigenvalue weighted by Crippen LogP contribution is -2.15. The minimum absolute atomic E-state index is 0.121. The molecule has 3 heterocycles. The number of nitrogens with one attached hydrogen (secondary N) is 1. The molecule has 110 valence electrons. The number of rotatable bonds is 3. The average molecular weight is 314 g/mol. The van der Waals surface area contributed by atoms with Crippen LogP contribution in [0.15, 0.2) is 41.5 Å². The number of hydrogen-bond donors (Lipinski definition) is 1. The lowest BCUT2D eigenvalue weighted by Gasteiger charge is -2.06. The Hall–Kier alpha value is -2.67. The van der Waals surface area contributed by atoms with Crippen LogP contribution in [0.1, 0.15) is 16.2 Å². The molecule has 0 spiro atoms. The number of hydrogen-bond acceptors (Lipinski definition) is 5. The molecule has 1 amide bonds. The summed E-state index contributed by atoms with van der Waals surface area (Å²) in [4.78, 5) is 23.8. The van der Waals surface area contributed by atoms with Gasteiger partial charge >= 0.3 is 0 Å². The van der Waals surface area contributed by atoms with E-state index in [2.05, 4.69) is 20.3 Å². The number of anilines is 1. The Morgan fingerprint density at radius 3 is 2.59 bits per heavy atom. The van der Waals surface area contributed by atoms with Crippen LogP contribution < -0.4 is 5.32 Å². The van der Waals surface area contributed by atoms with Crippen LogP contribution in [0.4, 0.5) is 10.2 Å². The number of aryl methyl sites for hydroxylation is 1. The smallest absolute Gasteiger partial charge is 0.260 e. The van der Waals surface area contributed by atoms with Gasteiger partial charge in [-0.1, -0.05) is 0 Å². The first kappa shape index (κ1) is 14.3. The Morgan fingerprint density at radius 1 is 1.18 bits per heavy atom. The normalized spacial score (nSPS) is 10.5. The minimum Gasteiger partial charge on any atom is -0.304 e. The van der Waals surface area contributed by atoms with E-state index < -0.39 is 11.7 Å². The number of thiophene rings is 1. The van der Waals surface area contributed by atoms with E-state index in [1.165, 1.54) is 36.0 Å². The third-order valence-corrected chi connectivity index (χ3v) is 3.65. The lowest BCUT2D eigenvalue weighted by atomic mass is 10.1. The maximum atomic E-state index is 14.1. The summed E-state index contributed by atoms with van der Waals surface area (Å²) >= 11 is 1.52. The summed E-state index contributed by atoms with van der Waals surface area (Å²) < 4.78 is 14.1. The summed E-state index contributed by atoms with van der Waals surface area (Å²) in [6, 6.07) is 3.22. The van der Waals surface area contributed by atoms with E-state index in [4.69, 9.17) is 0 Å². The number of amides is 1. The number of nitrogens with zero attached hydrogens (tertiary/aromatic N) is 3. The largest absolute Gasteiger partial charge is 0.304 e. The molecule has 0 aromatic carbocycles. The summed E-state index contributed by atoms with van der Waals surface area (Å²) in [5, 5.41) is 6.22. The van der Waals surface area contributed by atoms with E-state index in [0.717, 1.165) is 5.56 Å². The third kappa shape index (κ3) is 2.99. The summed E-state index contributed by atoms with van der Waals surface area (Å²) in [5.41, 5.74) is 1.80. The number of carbonyl (C=O) groups is 1. The fraction of sp³-hybridized carbons (Fsp3) is 0.0667. The van der Waals surface area contributed by atoms with Crippen molar-refractivity contribution in [3.63, 3.8) is 0 Å². The second-order valence-electron chi connectivity index (χ2n) is 4.54. The maximum Gasteiger partial charge on any atom is 0.260 e. The van der Waals surface area contributed by atoms with Gasteiger partial charge < -0.3 is 5.32 Å². The number of aromatic nitrogens is 3. The monoisotopic (exact) mass is 314 g/mol. The van der Waals surface area contributed by atoms with Gasteiger partial charge in [0, 0.05) is 24.2 Å². The van der Waals surface area contributed by atoms with E-state index in [-0.39, 0.29) is 11.4 Å². The van der Waals surface area contributed by atoms with Crippen molar-refractivity contribution in [3.8, 4) is 11.1 Å². The number of carbonyl (C=O) groups excluding carboxylic acids is 1. The molecule has 22 heavy (non-hydrogen) atoms. The molecule has 0 saturated carbocycles. The first-order chi connectivity index (χ1) is 10.6. The zero-order valence-electron chi connectivity index (χ0n) is 11.6. The summed E-state index contributed by atoms with van der Waals surface area (Å²) in [6.07, 6.45) is 4.29. The summed E-state index contributed by atoms with van der Waals surface area (Å²) in [5.74, 6) is -0.662. The van der Waals surface area contributed by atoms with Crippen LogP contribution in [0.5, 0.6) is 0 Å². The Morgan fingerprint density at radius 2 is 1.95 bits per heavy atom. The van der Waals surface area contributed by atoms with Gasteiger partial charge in [0.1, 0.15) is 5.82 Å². The van der Waals surface area contributed by atoms with Crippen molar-refractivity contribution in [1.82, 2.24) is 15.0 Å². The molecule has 0 radical (unpaired) electrons. The Balaban J connectivity index is 1.81. The fourth-order valence-corrected chi connectivity index (χ4v) is 2.47. The number of pyridine rings is 1. The highest BCUT2D eigenvalue weighted by Gasteiger charge is 2.12. The highest BCUT2D eigenvalue weighted by atomic mass is 32.1. The Labute approximate surface area is 129 Å². The van der Waals surface area contributed by atoms with Crippen molar-refractivity contribution in [2.45, 2.75) is 6.92 Å². The van der Waals surface area contributed by atoms with Gasteiger partial charge in [-0.2, -0.15) is 11.3 Å². The summed E-state index contributed by atoms with van der Waals surface area (Å²) in [6.45, 7) is 1.71.